The lowest BCUT2D eigenvalue weighted by molar-refractivity contribution is -0.134. The smallest absolute Gasteiger partial charge is 0.254 e. The molecule has 0 fully saturated rings. The van der Waals surface area contributed by atoms with Gasteiger partial charge in [0, 0.05) is 18.7 Å². The van der Waals surface area contributed by atoms with Crippen molar-refractivity contribution in [3.63, 3.8) is 0 Å². The predicted molar refractivity (Wildman–Crippen MR) is 124 cm³/mol. The molecule has 33 heavy (non-hydrogen) atoms. The molecule has 1 atom stereocenters. The van der Waals surface area contributed by atoms with Crippen LogP contribution in [0.25, 0.3) is 0 Å². The summed E-state index contributed by atoms with van der Waals surface area (Å²) in [5, 5.41) is 0. The summed E-state index contributed by atoms with van der Waals surface area (Å²) in [5.41, 5.74) is 2.26. The normalized spacial score (nSPS) is 17.3. The van der Waals surface area contributed by atoms with Crippen molar-refractivity contribution in [3.8, 4) is 5.75 Å². The summed E-state index contributed by atoms with van der Waals surface area (Å²) in [6.45, 7) is 0.565. The van der Waals surface area contributed by atoms with Crippen molar-refractivity contribution in [2.24, 2.45) is 0 Å². The van der Waals surface area contributed by atoms with Gasteiger partial charge in [0.25, 0.3) is 5.91 Å². The van der Waals surface area contributed by atoms with Crippen molar-refractivity contribution in [2.45, 2.75) is 12.6 Å². The van der Waals surface area contributed by atoms with E-state index in [2.05, 4.69) is 0 Å². The first-order valence-electron chi connectivity index (χ1n) is 10.7. The molecule has 0 aromatic heterocycles. The van der Waals surface area contributed by atoms with E-state index in [9.17, 15) is 14.0 Å². The Bertz CT molecular complexity index is 1130. The van der Waals surface area contributed by atoms with E-state index in [-0.39, 0.29) is 36.8 Å². The van der Waals surface area contributed by atoms with Gasteiger partial charge in [-0.3, -0.25) is 9.59 Å². The Morgan fingerprint density at radius 3 is 2.36 bits per heavy atom. The maximum absolute atomic E-state index is 13.5. The van der Waals surface area contributed by atoms with E-state index >= 15 is 0 Å². The fourth-order valence-electron chi connectivity index (χ4n) is 3.88. The molecule has 1 aliphatic rings. The number of carbonyl (C=O) groups is 2. The van der Waals surface area contributed by atoms with Crippen LogP contribution in [0.15, 0.2) is 91.0 Å². The molecule has 168 valence electrons. The first-order valence-corrected chi connectivity index (χ1v) is 10.7. The van der Waals surface area contributed by atoms with Gasteiger partial charge in [-0.1, -0.05) is 54.6 Å². The van der Waals surface area contributed by atoms with Gasteiger partial charge in [-0.05, 0) is 47.5 Å². The Hall–Kier alpha value is -3.93. The van der Waals surface area contributed by atoms with E-state index in [0.717, 1.165) is 16.9 Å². The van der Waals surface area contributed by atoms with Gasteiger partial charge in [0.1, 0.15) is 18.1 Å². The molecular weight excluding hydrogens is 419 g/mol. The molecule has 1 heterocycles. The second kappa shape index (κ2) is 10.1. The van der Waals surface area contributed by atoms with Crippen molar-refractivity contribution in [1.29, 1.82) is 0 Å². The van der Waals surface area contributed by atoms with E-state index in [1.54, 1.807) is 48.4 Å². The highest BCUT2D eigenvalue weighted by atomic mass is 19.1. The number of nitrogens with zero attached hydrogens (tertiary/aromatic N) is 2. The number of hydrogen-bond donors (Lipinski definition) is 0. The summed E-state index contributed by atoms with van der Waals surface area (Å²) < 4.78 is 18.7. The van der Waals surface area contributed by atoms with Crippen LogP contribution in [-0.2, 0) is 11.3 Å². The van der Waals surface area contributed by atoms with Gasteiger partial charge < -0.3 is 14.5 Å². The van der Waals surface area contributed by atoms with Gasteiger partial charge in [0.05, 0.1) is 13.2 Å². The number of amides is 2. The average Bonchev–Trinajstić information content (AvgIpc) is 2.85. The summed E-state index contributed by atoms with van der Waals surface area (Å²) in [5.74, 6) is 0.0144. The van der Waals surface area contributed by atoms with Gasteiger partial charge in [0.15, 0.2) is 0 Å². The Balaban J connectivity index is 1.66. The van der Waals surface area contributed by atoms with Crippen molar-refractivity contribution >= 4 is 11.8 Å². The van der Waals surface area contributed by atoms with Crippen LogP contribution in [-0.4, -0.2) is 41.8 Å². The van der Waals surface area contributed by atoms with E-state index < -0.39 is 0 Å². The van der Waals surface area contributed by atoms with E-state index in [1.807, 2.05) is 42.5 Å². The molecule has 5 nitrogen and oxygen atoms in total. The maximum atomic E-state index is 13.5. The molecule has 0 spiro atoms. The number of ether oxygens (including phenoxy) is 1. The standard InChI is InChI=1S/C27H25FN2O3/c1-33-24-15-11-21(12-16-24)25-8-5-17-29(27(32)22-6-3-2-4-7-22)19-26(31)30(25)18-20-9-13-23(28)14-10-20/h2-16,25H,17-19H2,1H3/b8-5-. The third kappa shape index (κ3) is 5.29. The molecule has 1 unspecified atom stereocenters. The molecule has 0 bridgehead atoms. The van der Waals surface area contributed by atoms with Crippen molar-refractivity contribution in [3.05, 3.63) is 114 Å². The molecular formula is C27H25FN2O3. The van der Waals surface area contributed by atoms with E-state index in [1.165, 1.54) is 17.0 Å². The second-order valence-corrected chi connectivity index (χ2v) is 7.85. The number of methoxy groups -OCH3 is 1. The molecule has 3 aromatic carbocycles. The van der Waals surface area contributed by atoms with Gasteiger partial charge in [-0.15, -0.1) is 0 Å². The zero-order valence-electron chi connectivity index (χ0n) is 18.4. The quantitative estimate of drug-likeness (QED) is 0.540. The van der Waals surface area contributed by atoms with Crippen LogP contribution < -0.4 is 4.74 Å². The largest absolute Gasteiger partial charge is 0.497 e. The highest BCUT2D eigenvalue weighted by Gasteiger charge is 2.29. The van der Waals surface area contributed by atoms with Gasteiger partial charge in [-0.25, -0.2) is 4.39 Å². The molecule has 0 radical (unpaired) electrons. The lowest BCUT2D eigenvalue weighted by Crippen LogP contribution is -2.45. The SMILES string of the molecule is COc1ccc(C2/C=C\CN(C(=O)c3ccccc3)CC(=O)N2Cc2ccc(F)cc2)cc1. The fraction of sp³-hybridized carbons (Fsp3) is 0.185. The van der Waals surface area contributed by atoms with Crippen molar-refractivity contribution in [1.82, 2.24) is 9.80 Å². The minimum Gasteiger partial charge on any atom is -0.497 e. The first kappa shape index (κ1) is 22.3. The van der Waals surface area contributed by atoms with Crippen LogP contribution in [0.2, 0.25) is 0 Å². The van der Waals surface area contributed by atoms with Gasteiger partial charge in [-0.2, -0.15) is 0 Å². The Morgan fingerprint density at radius 2 is 1.70 bits per heavy atom. The maximum Gasteiger partial charge on any atom is 0.254 e. The third-order valence-corrected chi connectivity index (χ3v) is 5.66. The minimum atomic E-state index is -0.331. The number of hydrogen-bond acceptors (Lipinski definition) is 3. The minimum absolute atomic E-state index is 0.0497. The summed E-state index contributed by atoms with van der Waals surface area (Å²) >= 11 is 0. The summed E-state index contributed by atoms with van der Waals surface area (Å²) in [6, 6.07) is 22.3. The zero-order chi connectivity index (χ0) is 23.2. The highest BCUT2D eigenvalue weighted by molar-refractivity contribution is 5.96. The fourth-order valence-corrected chi connectivity index (χ4v) is 3.88. The number of halogens is 1. The highest BCUT2D eigenvalue weighted by Crippen LogP contribution is 2.28. The molecule has 2 amide bonds. The zero-order valence-corrected chi connectivity index (χ0v) is 18.4. The predicted octanol–water partition coefficient (Wildman–Crippen LogP) is 4.62. The Labute approximate surface area is 192 Å². The topological polar surface area (TPSA) is 49.9 Å². The van der Waals surface area contributed by atoms with Gasteiger partial charge >= 0.3 is 0 Å². The van der Waals surface area contributed by atoms with Crippen LogP contribution in [0.1, 0.15) is 27.5 Å². The number of carbonyl (C=O) groups excluding carboxylic acids is 2. The summed E-state index contributed by atoms with van der Waals surface area (Å²) in [7, 11) is 1.60. The van der Waals surface area contributed by atoms with Crippen LogP contribution in [0.4, 0.5) is 4.39 Å². The number of benzene rings is 3. The monoisotopic (exact) mass is 444 g/mol. The van der Waals surface area contributed by atoms with E-state index in [0.29, 0.717) is 12.1 Å². The number of rotatable bonds is 5. The molecule has 0 aliphatic carbocycles. The molecule has 3 aromatic rings. The van der Waals surface area contributed by atoms with Crippen LogP contribution in [0.3, 0.4) is 0 Å². The Kier molecular flexibility index (Phi) is 6.83. The van der Waals surface area contributed by atoms with Crippen LogP contribution >= 0.6 is 0 Å². The van der Waals surface area contributed by atoms with Crippen LogP contribution in [0.5, 0.6) is 5.75 Å². The first-order chi connectivity index (χ1) is 16.0. The van der Waals surface area contributed by atoms with Crippen molar-refractivity contribution in [2.75, 3.05) is 20.2 Å². The van der Waals surface area contributed by atoms with Crippen molar-refractivity contribution < 1.29 is 18.7 Å². The lowest BCUT2D eigenvalue weighted by Gasteiger charge is -2.34. The second-order valence-electron chi connectivity index (χ2n) is 7.85. The lowest BCUT2D eigenvalue weighted by atomic mass is 10.0. The third-order valence-electron chi connectivity index (χ3n) is 5.66. The molecule has 0 saturated carbocycles. The summed E-state index contributed by atoms with van der Waals surface area (Å²) in [6.07, 6.45) is 3.85. The van der Waals surface area contributed by atoms with Crippen LogP contribution in [0, 0.1) is 5.82 Å². The molecule has 1 aliphatic heterocycles. The van der Waals surface area contributed by atoms with E-state index in [4.69, 9.17) is 4.74 Å². The average molecular weight is 445 g/mol. The van der Waals surface area contributed by atoms with Gasteiger partial charge in [0.2, 0.25) is 5.91 Å². The molecule has 6 heteroatoms. The summed E-state index contributed by atoms with van der Waals surface area (Å²) in [4.78, 5) is 29.7. The Morgan fingerprint density at radius 1 is 1.00 bits per heavy atom. The molecule has 0 N–H and O–H groups in total. The molecule has 0 saturated heterocycles. The molecule has 4 rings (SSSR count).